The molecule has 20 heavy (non-hydrogen) atoms. The van der Waals surface area contributed by atoms with Gasteiger partial charge in [-0.05, 0) is 37.0 Å². The molecule has 1 atom stereocenters. The third kappa shape index (κ3) is 3.97. The highest BCUT2D eigenvalue weighted by Gasteiger charge is 2.22. The molecule has 0 aromatic heterocycles. The van der Waals surface area contributed by atoms with E-state index in [1.807, 2.05) is 17.0 Å². The van der Waals surface area contributed by atoms with Crippen molar-refractivity contribution in [3.8, 4) is 0 Å². The fraction of sp³-hybridized carbons (Fsp3) is 0.562. The first-order chi connectivity index (χ1) is 9.60. The standard InChI is InChI=1S/C16H23ClN2O/c1-3-16(13-4-6-14(17)7-5-13)18-15-8-10-19(11-9-15)12(2)20/h4-7,15-16,18H,3,8-11H2,1-2H3. The van der Waals surface area contributed by atoms with Gasteiger partial charge in [0.2, 0.25) is 5.91 Å². The van der Waals surface area contributed by atoms with Crippen molar-refractivity contribution >= 4 is 17.5 Å². The molecule has 1 unspecified atom stereocenters. The molecule has 1 fully saturated rings. The molecule has 1 heterocycles. The Hall–Kier alpha value is -1.06. The van der Waals surface area contributed by atoms with Gasteiger partial charge in [-0.1, -0.05) is 30.7 Å². The Kier molecular flexibility index (Phi) is 5.44. The van der Waals surface area contributed by atoms with Crippen LogP contribution in [0.2, 0.25) is 5.02 Å². The first kappa shape index (κ1) is 15.3. The molecule has 0 radical (unpaired) electrons. The number of carbonyl (C=O) groups excluding carboxylic acids is 1. The van der Waals surface area contributed by atoms with Crippen molar-refractivity contribution in [2.45, 2.75) is 45.2 Å². The van der Waals surface area contributed by atoms with Gasteiger partial charge in [0, 0.05) is 37.1 Å². The molecule has 110 valence electrons. The summed E-state index contributed by atoms with van der Waals surface area (Å²) in [6, 6.07) is 8.93. The molecule has 1 N–H and O–H groups in total. The fourth-order valence-electron chi connectivity index (χ4n) is 2.79. The van der Waals surface area contributed by atoms with Crippen molar-refractivity contribution in [1.82, 2.24) is 10.2 Å². The number of likely N-dealkylation sites (tertiary alicyclic amines) is 1. The topological polar surface area (TPSA) is 32.3 Å². The van der Waals surface area contributed by atoms with Crippen LogP contribution >= 0.6 is 11.6 Å². The van der Waals surface area contributed by atoms with Crippen LogP contribution in [0.25, 0.3) is 0 Å². The smallest absolute Gasteiger partial charge is 0.219 e. The van der Waals surface area contributed by atoms with E-state index in [1.54, 1.807) is 6.92 Å². The number of halogens is 1. The van der Waals surface area contributed by atoms with Crippen LogP contribution in [0.3, 0.4) is 0 Å². The molecule has 1 aromatic carbocycles. The number of hydrogen-bond acceptors (Lipinski definition) is 2. The number of benzene rings is 1. The Morgan fingerprint density at radius 3 is 2.45 bits per heavy atom. The fourth-order valence-corrected chi connectivity index (χ4v) is 2.92. The lowest BCUT2D eigenvalue weighted by Crippen LogP contribution is -2.45. The minimum atomic E-state index is 0.188. The summed E-state index contributed by atoms with van der Waals surface area (Å²) in [6.07, 6.45) is 3.11. The molecule has 0 spiro atoms. The maximum Gasteiger partial charge on any atom is 0.219 e. The van der Waals surface area contributed by atoms with Crippen molar-refractivity contribution in [3.63, 3.8) is 0 Å². The van der Waals surface area contributed by atoms with Gasteiger partial charge in [0.25, 0.3) is 0 Å². The van der Waals surface area contributed by atoms with Crippen molar-refractivity contribution in [3.05, 3.63) is 34.9 Å². The van der Waals surface area contributed by atoms with Crippen LogP contribution in [-0.2, 0) is 4.79 Å². The first-order valence-electron chi connectivity index (χ1n) is 7.37. The lowest BCUT2D eigenvalue weighted by Gasteiger charge is -2.34. The second kappa shape index (κ2) is 7.09. The first-order valence-corrected chi connectivity index (χ1v) is 7.75. The van der Waals surface area contributed by atoms with Gasteiger partial charge in [0.15, 0.2) is 0 Å². The van der Waals surface area contributed by atoms with E-state index in [4.69, 9.17) is 11.6 Å². The number of piperidine rings is 1. The van der Waals surface area contributed by atoms with Gasteiger partial charge in [-0.2, -0.15) is 0 Å². The molecule has 0 saturated carbocycles. The van der Waals surface area contributed by atoms with Crippen LogP contribution in [0.5, 0.6) is 0 Å². The Labute approximate surface area is 126 Å². The van der Waals surface area contributed by atoms with Crippen molar-refractivity contribution < 1.29 is 4.79 Å². The molecule has 0 bridgehead atoms. The monoisotopic (exact) mass is 294 g/mol. The van der Waals surface area contributed by atoms with Gasteiger partial charge < -0.3 is 10.2 Å². The zero-order chi connectivity index (χ0) is 14.5. The van der Waals surface area contributed by atoms with E-state index in [-0.39, 0.29) is 5.91 Å². The molecule has 1 aromatic rings. The molecule has 0 aliphatic carbocycles. The molecule has 1 amide bonds. The van der Waals surface area contributed by atoms with Crippen LogP contribution < -0.4 is 5.32 Å². The van der Waals surface area contributed by atoms with Crippen LogP contribution in [-0.4, -0.2) is 29.9 Å². The second-order valence-electron chi connectivity index (χ2n) is 5.46. The summed E-state index contributed by atoms with van der Waals surface area (Å²) in [4.78, 5) is 13.3. The van der Waals surface area contributed by atoms with E-state index in [2.05, 4.69) is 24.4 Å². The number of rotatable bonds is 4. The van der Waals surface area contributed by atoms with E-state index in [0.717, 1.165) is 37.4 Å². The lowest BCUT2D eigenvalue weighted by molar-refractivity contribution is -0.129. The normalized spacial score (nSPS) is 18.1. The van der Waals surface area contributed by atoms with E-state index in [9.17, 15) is 4.79 Å². The molecule has 2 rings (SSSR count). The zero-order valence-corrected chi connectivity index (χ0v) is 13.0. The summed E-state index contributed by atoms with van der Waals surface area (Å²) in [5.41, 5.74) is 1.28. The third-order valence-corrected chi connectivity index (χ3v) is 4.31. The predicted molar refractivity (Wildman–Crippen MR) is 82.9 cm³/mol. The van der Waals surface area contributed by atoms with Gasteiger partial charge in [-0.15, -0.1) is 0 Å². The number of carbonyl (C=O) groups is 1. The highest BCUT2D eigenvalue weighted by molar-refractivity contribution is 6.30. The van der Waals surface area contributed by atoms with Gasteiger partial charge in [0.1, 0.15) is 0 Å². The van der Waals surface area contributed by atoms with Gasteiger partial charge in [0.05, 0.1) is 0 Å². The van der Waals surface area contributed by atoms with Gasteiger partial charge >= 0.3 is 0 Å². The van der Waals surface area contributed by atoms with Crippen molar-refractivity contribution in [2.75, 3.05) is 13.1 Å². The molecule has 1 saturated heterocycles. The van der Waals surface area contributed by atoms with E-state index in [0.29, 0.717) is 12.1 Å². The summed E-state index contributed by atoms with van der Waals surface area (Å²) < 4.78 is 0. The van der Waals surface area contributed by atoms with Crippen LogP contribution in [0, 0.1) is 0 Å². The van der Waals surface area contributed by atoms with Crippen molar-refractivity contribution in [2.24, 2.45) is 0 Å². The largest absolute Gasteiger partial charge is 0.343 e. The molecular formula is C16H23ClN2O. The Balaban J connectivity index is 1.91. The maximum absolute atomic E-state index is 11.3. The number of nitrogens with zero attached hydrogens (tertiary/aromatic N) is 1. The Morgan fingerprint density at radius 1 is 1.35 bits per heavy atom. The minimum Gasteiger partial charge on any atom is -0.343 e. The average Bonchev–Trinajstić information content (AvgIpc) is 2.46. The molecular weight excluding hydrogens is 272 g/mol. The second-order valence-corrected chi connectivity index (χ2v) is 5.90. The summed E-state index contributed by atoms with van der Waals surface area (Å²) in [5.74, 6) is 0.188. The molecule has 1 aliphatic rings. The Bertz CT molecular complexity index is 438. The zero-order valence-electron chi connectivity index (χ0n) is 12.2. The third-order valence-electron chi connectivity index (χ3n) is 4.06. The molecule has 4 heteroatoms. The van der Waals surface area contributed by atoms with E-state index < -0.39 is 0 Å². The highest BCUT2D eigenvalue weighted by atomic mass is 35.5. The van der Waals surface area contributed by atoms with Crippen LogP contribution in [0.15, 0.2) is 24.3 Å². The summed E-state index contributed by atoms with van der Waals surface area (Å²) in [5, 5.41) is 4.50. The number of amides is 1. The SMILES string of the molecule is CCC(NC1CCN(C(C)=O)CC1)c1ccc(Cl)cc1. The van der Waals surface area contributed by atoms with Gasteiger partial charge in [-0.3, -0.25) is 4.79 Å². The van der Waals surface area contributed by atoms with E-state index >= 15 is 0 Å². The van der Waals surface area contributed by atoms with Crippen LogP contribution in [0.4, 0.5) is 0 Å². The van der Waals surface area contributed by atoms with Crippen LogP contribution in [0.1, 0.15) is 44.7 Å². The molecule has 3 nitrogen and oxygen atoms in total. The maximum atomic E-state index is 11.3. The van der Waals surface area contributed by atoms with Gasteiger partial charge in [-0.25, -0.2) is 0 Å². The van der Waals surface area contributed by atoms with E-state index in [1.165, 1.54) is 5.56 Å². The lowest BCUT2D eigenvalue weighted by atomic mass is 9.99. The molecule has 1 aliphatic heterocycles. The summed E-state index contributed by atoms with van der Waals surface area (Å²) in [7, 11) is 0. The minimum absolute atomic E-state index is 0.188. The Morgan fingerprint density at radius 2 is 1.95 bits per heavy atom. The van der Waals surface area contributed by atoms with Crippen molar-refractivity contribution in [1.29, 1.82) is 0 Å². The number of nitrogens with one attached hydrogen (secondary N) is 1. The quantitative estimate of drug-likeness (QED) is 0.923. The summed E-state index contributed by atoms with van der Waals surface area (Å²) in [6.45, 7) is 5.57. The average molecular weight is 295 g/mol. The number of hydrogen-bond donors (Lipinski definition) is 1. The predicted octanol–water partition coefficient (Wildman–Crippen LogP) is 3.39. The highest BCUT2D eigenvalue weighted by Crippen LogP contribution is 2.22. The summed E-state index contributed by atoms with van der Waals surface area (Å²) >= 11 is 5.94.